The van der Waals surface area contributed by atoms with Crippen LogP contribution in [0.4, 0.5) is 8.78 Å². The summed E-state index contributed by atoms with van der Waals surface area (Å²) in [5.41, 5.74) is 1.59. The average molecular weight is 357 g/mol. The third-order valence-electron chi connectivity index (χ3n) is 3.52. The predicted octanol–water partition coefficient (Wildman–Crippen LogP) is 3.29. The second kappa shape index (κ2) is 6.06. The lowest BCUT2D eigenvalue weighted by molar-refractivity contribution is -0.230. The van der Waals surface area contributed by atoms with Crippen molar-refractivity contribution in [3.8, 4) is 11.5 Å². The molecule has 1 aromatic carbocycles. The van der Waals surface area contributed by atoms with Crippen LogP contribution in [0.15, 0.2) is 12.3 Å². The first-order valence-corrected chi connectivity index (χ1v) is 8.05. The van der Waals surface area contributed by atoms with Crippen LogP contribution in [-0.2, 0) is 14.2 Å². The first-order chi connectivity index (χ1) is 11.6. The van der Waals surface area contributed by atoms with Crippen molar-refractivity contribution in [1.29, 1.82) is 0 Å². The molecule has 3 heterocycles. The standard InChI is InChI=1S/C15H13F2NO5S/c1-7-4-8-12(22-10(6-21-8)23-15(16)17)13-11(7)18-14(24-13)9-5-19-2-3-20-9/h4-5,10,15H,2-3,6H2,1H3. The SMILES string of the molecule is Cc1cc2c(c3sc(C4=COCCO4)nc13)OC(OC(F)F)CO2. The fourth-order valence-corrected chi connectivity index (χ4v) is 3.58. The molecule has 0 saturated heterocycles. The van der Waals surface area contributed by atoms with Crippen molar-refractivity contribution in [3.05, 3.63) is 22.9 Å². The van der Waals surface area contributed by atoms with Crippen molar-refractivity contribution in [2.45, 2.75) is 19.8 Å². The van der Waals surface area contributed by atoms with E-state index in [1.54, 1.807) is 6.07 Å². The Balaban J connectivity index is 1.76. The molecule has 0 N–H and O–H groups in total. The summed E-state index contributed by atoms with van der Waals surface area (Å²) in [6.45, 7) is -0.203. The summed E-state index contributed by atoms with van der Waals surface area (Å²) in [5.74, 6) is 1.38. The highest BCUT2D eigenvalue weighted by Gasteiger charge is 2.29. The van der Waals surface area contributed by atoms with Crippen LogP contribution >= 0.6 is 11.3 Å². The van der Waals surface area contributed by atoms with E-state index in [0.29, 0.717) is 45.7 Å². The molecule has 1 atom stereocenters. The highest BCUT2D eigenvalue weighted by atomic mass is 32.1. The summed E-state index contributed by atoms with van der Waals surface area (Å²) in [6.07, 6.45) is 0.353. The summed E-state index contributed by atoms with van der Waals surface area (Å²) < 4.78 is 51.8. The first kappa shape index (κ1) is 15.4. The van der Waals surface area contributed by atoms with E-state index in [9.17, 15) is 8.78 Å². The average Bonchev–Trinajstić information content (AvgIpc) is 3.02. The van der Waals surface area contributed by atoms with Crippen LogP contribution in [0.1, 0.15) is 10.6 Å². The van der Waals surface area contributed by atoms with E-state index < -0.39 is 12.9 Å². The molecule has 6 nitrogen and oxygen atoms in total. The molecule has 0 fully saturated rings. The van der Waals surface area contributed by atoms with E-state index in [2.05, 4.69) is 9.72 Å². The van der Waals surface area contributed by atoms with Gasteiger partial charge in [-0.25, -0.2) is 4.98 Å². The van der Waals surface area contributed by atoms with Gasteiger partial charge in [-0.05, 0) is 18.6 Å². The fourth-order valence-electron chi connectivity index (χ4n) is 2.49. The van der Waals surface area contributed by atoms with Gasteiger partial charge in [0.2, 0.25) is 6.29 Å². The number of thiazole rings is 1. The first-order valence-electron chi connectivity index (χ1n) is 7.24. The Bertz CT molecular complexity index is 807. The highest BCUT2D eigenvalue weighted by molar-refractivity contribution is 7.20. The Morgan fingerprint density at radius 3 is 2.96 bits per heavy atom. The maximum Gasteiger partial charge on any atom is 0.348 e. The van der Waals surface area contributed by atoms with Gasteiger partial charge in [-0.2, -0.15) is 8.78 Å². The summed E-state index contributed by atoms with van der Waals surface area (Å²) in [4.78, 5) is 4.55. The third kappa shape index (κ3) is 2.73. The summed E-state index contributed by atoms with van der Waals surface area (Å²) in [7, 11) is 0. The minimum absolute atomic E-state index is 0.101. The van der Waals surface area contributed by atoms with Gasteiger partial charge in [-0.15, -0.1) is 11.3 Å². The molecule has 9 heteroatoms. The van der Waals surface area contributed by atoms with Crippen molar-refractivity contribution >= 4 is 27.3 Å². The number of alkyl halides is 2. The second-order valence-corrected chi connectivity index (χ2v) is 6.17. The Kier molecular flexibility index (Phi) is 3.89. The molecule has 0 saturated carbocycles. The van der Waals surface area contributed by atoms with E-state index >= 15 is 0 Å². The van der Waals surface area contributed by atoms with Crippen LogP contribution in [0.2, 0.25) is 0 Å². The number of aryl methyl sites for hydroxylation is 1. The Labute approximate surface area is 139 Å². The molecule has 0 spiro atoms. The minimum atomic E-state index is -2.93. The van der Waals surface area contributed by atoms with Crippen molar-refractivity contribution in [2.24, 2.45) is 0 Å². The molecule has 2 aromatic rings. The topological polar surface area (TPSA) is 59.0 Å². The van der Waals surface area contributed by atoms with Crippen LogP contribution in [0.3, 0.4) is 0 Å². The van der Waals surface area contributed by atoms with Gasteiger partial charge in [0, 0.05) is 0 Å². The molecule has 1 aromatic heterocycles. The van der Waals surface area contributed by atoms with E-state index in [0.717, 1.165) is 5.56 Å². The van der Waals surface area contributed by atoms with E-state index in [1.165, 1.54) is 17.6 Å². The molecule has 0 bridgehead atoms. The van der Waals surface area contributed by atoms with Crippen molar-refractivity contribution in [2.75, 3.05) is 19.8 Å². The van der Waals surface area contributed by atoms with Gasteiger partial charge in [0.25, 0.3) is 0 Å². The smallest absolute Gasteiger partial charge is 0.348 e. The van der Waals surface area contributed by atoms with Gasteiger partial charge in [0.05, 0.1) is 5.52 Å². The Hall–Kier alpha value is -2.13. The van der Waals surface area contributed by atoms with Crippen molar-refractivity contribution in [3.63, 3.8) is 0 Å². The van der Waals surface area contributed by atoms with Gasteiger partial charge >= 0.3 is 6.61 Å². The number of aromatic nitrogens is 1. The molecule has 128 valence electrons. The zero-order valence-electron chi connectivity index (χ0n) is 12.6. The monoisotopic (exact) mass is 357 g/mol. The molecule has 1 unspecified atom stereocenters. The molecule has 2 aliphatic heterocycles. The summed E-state index contributed by atoms with van der Waals surface area (Å²) in [5, 5.41) is 0.627. The quantitative estimate of drug-likeness (QED) is 0.840. The highest BCUT2D eigenvalue weighted by Crippen LogP contribution is 2.44. The number of halogens is 2. The van der Waals surface area contributed by atoms with Crippen molar-refractivity contribution < 1.29 is 32.5 Å². The van der Waals surface area contributed by atoms with E-state index in [1.807, 2.05) is 6.92 Å². The minimum Gasteiger partial charge on any atom is -0.494 e. The van der Waals surface area contributed by atoms with Gasteiger partial charge < -0.3 is 18.9 Å². The van der Waals surface area contributed by atoms with Crippen LogP contribution < -0.4 is 9.47 Å². The predicted molar refractivity (Wildman–Crippen MR) is 81.2 cm³/mol. The fraction of sp³-hybridized carbons (Fsp3) is 0.400. The lowest BCUT2D eigenvalue weighted by atomic mass is 10.2. The normalized spacial score (nSPS) is 19.8. The lowest BCUT2D eigenvalue weighted by Crippen LogP contribution is -2.33. The lowest BCUT2D eigenvalue weighted by Gasteiger charge is -2.26. The van der Waals surface area contributed by atoms with Gasteiger partial charge in [0.15, 0.2) is 28.9 Å². The molecular weight excluding hydrogens is 344 g/mol. The third-order valence-corrected chi connectivity index (χ3v) is 4.59. The number of benzene rings is 1. The molecule has 0 amide bonds. The number of nitrogens with zero attached hydrogens (tertiary/aromatic N) is 1. The van der Waals surface area contributed by atoms with E-state index in [-0.39, 0.29) is 6.61 Å². The van der Waals surface area contributed by atoms with Crippen LogP contribution in [-0.4, -0.2) is 37.7 Å². The Morgan fingerprint density at radius 1 is 1.33 bits per heavy atom. The maximum absolute atomic E-state index is 12.4. The number of rotatable bonds is 3. The van der Waals surface area contributed by atoms with Gasteiger partial charge in [-0.3, -0.25) is 4.74 Å². The second-order valence-electron chi connectivity index (χ2n) is 5.17. The van der Waals surface area contributed by atoms with E-state index in [4.69, 9.17) is 18.9 Å². The molecule has 0 aliphatic carbocycles. The Morgan fingerprint density at radius 2 is 2.21 bits per heavy atom. The van der Waals surface area contributed by atoms with Crippen LogP contribution in [0.5, 0.6) is 11.5 Å². The zero-order chi connectivity index (χ0) is 16.7. The van der Waals surface area contributed by atoms with Gasteiger partial charge in [-0.1, -0.05) is 0 Å². The molecule has 2 aliphatic rings. The largest absolute Gasteiger partial charge is 0.494 e. The molecule has 4 rings (SSSR count). The summed E-state index contributed by atoms with van der Waals surface area (Å²) in [6, 6.07) is 1.77. The van der Waals surface area contributed by atoms with Crippen molar-refractivity contribution in [1.82, 2.24) is 4.98 Å². The zero-order valence-corrected chi connectivity index (χ0v) is 13.4. The molecule has 24 heavy (non-hydrogen) atoms. The number of hydrogen-bond donors (Lipinski definition) is 0. The summed E-state index contributed by atoms with van der Waals surface area (Å²) >= 11 is 1.32. The van der Waals surface area contributed by atoms with Gasteiger partial charge in [0.1, 0.15) is 24.2 Å². The van der Waals surface area contributed by atoms with Crippen LogP contribution in [0, 0.1) is 6.92 Å². The van der Waals surface area contributed by atoms with Crippen LogP contribution in [0.25, 0.3) is 16.0 Å². The number of fused-ring (bicyclic) bond motifs is 3. The maximum atomic E-state index is 12.4. The number of hydrogen-bond acceptors (Lipinski definition) is 7. The molecular formula is C15H13F2NO5S. The number of ether oxygens (including phenoxy) is 5. The molecule has 0 radical (unpaired) electrons.